The van der Waals surface area contributed by atoms with Crippen LogP contribution in [0.4, 0.5) is 4.39 Å². The maximum absolute atomic E-state index is 12.7. The van der Waals surface area contributed by atoms with E-state index in [1.54, 1.807) is 0 Å². The summed E-state index contributed by atoms with van der Waals surface area (Å²) in [6, 6.07) is 0. The molecule has 3 N–H and O–H groups in total. The minimum Gasteiger partial charge on any atom is -0.339 e. The molecule has 0 radical (unpaired) electrons. The molecule has 0 aliphatic heterocycles. The van der Waals surface area contributed by atoms with Gasteiger partial charge in [-0.25, -0.2) is 9.18 Å². The molecule has 19 heavy (non-hydrogen) atoms. The Morgan fingerprint density at radius 3 is 2.74 bits per heavy atom. The fraction of sp³-hybridized carbons (Fsp3) is 0.556. The van der Waals surface area contributed by atoms with Crippen LogP contribution >= 0.6 is 7.60 Å². The molecule has 0 fully saturated rings. The molecule has 0 aromatic carbocycles. The summed E-state index contributed by atoms with van der Waals surface area (Å²) < 4.78 is 28.7. The number of nitrogens with one attached hydrogen (secondary N) is 1. The molecule has 108 valence electrons. The van der Waals surface area contributed by atoms with Crippen LogP contribution in [-0.4, -0.2) is 32.0 Å². The quantitative estimate of drug-likeness (QED) is 0.488. The van der Waals surface area contributed by atoms with E-state index in [1.165, 1.54) is 17.7 Å². The van der Waals surface area contributed by atoms with Gasteiger partial charge >= 0.3 is 19.4 Å². The molecule has 0 aliphatic carbocycles. The molecule has 0 amide bonds. The lowest BCUT2D eigenvalue weighted by Crippen LogP contribution is -2.31. The van der Waals surface area contributed by atoms with Crippen molar-refractivity contribution in [3.8, 4) is 0 Å². The van der Waals surface area contributed by atoms with E-state index in [9.17, 15) is 18.5 Å². The van der Waals surface area contributed by atoms with Crippen LogP contribution in [0.2, 0.25) is 0 Å². The Bertz CT molecular complexity index is 591. The van der Waals surface area contributed by atoms with Crippen molar-refractivity contribution < 1.29 is 23.5 Å². The van der Waals surface area contributed by atoms with Gasteiger partial charge in [-0.05, 0) is 13.3 Å². The van der Waals surface area contributed by atoms with Crippen LogP contribution in [-0.2, 0) is 15.8 Å². The fourth-order valence-electron chi connectivity index (χ4n) is 1.30. The lowest BCUT2D eigenvalue weighted by atomic mass is 10.3. The number of aromatic nitrogens is 2. The lowest BCUT2D eigenvalue weighted by molar-refractivity contribution is 0.000807. The number of halogens is 1. The number of nitrogens with zero attached hydrogens (tertiary/aromatic N) is 1. The van der Waals surface area contributed by atoms with Crippen LogP contribution in [0.1, 0.15) is 12.0 Å². The Hall–Kier alpha value is -1.28. The number of aryl methyl sites for hydroxylation is 2. The van der Waals surface area contributed by atoms with Gasteiger partial charge in [0.1, 0.15) is 0 Å². The van der Waals surface area contributed by atoms with Crippen molar-refractivity contribution in [2.45, 2.75) is 26.0 Å². The van der Waals surface area contributed by atoms with Crippen molar-refractivity contribution in [1.29, 1.82) is 0 Å². The van der Waals surface area contributed by atoms with Crippen LogP contribution in [0.5, 0.6) is 0 Å². The molecule has 0 bridgehead atoms. The molecule has 1 rings (SSSR count). The smallest absolute Gasteiger partial charge is 0.339 e. The van der Waals surface area contributed by atoms with Crippen molar-refractivity contribution in [1.82, 2.24) is 9.55 Å². The third-order valence-corrected chi connectivity index (χ3v) is 2.93. The highest BCUT2D eigenvalue weighted by Gasteiger charge is 2.28. The minimum atomic E-state index is -4.90. The van der Waals surface area contributed by atoms with Crippen molar-refractivity contribution in [3.05, 3.63) is 32.6 Å². The van der Waals surface area contributed by atoms with Crippen molar-refractivity contribution >= 4 is 7.60 Å². The Labute approximate surface area is 107 Å². The van der Waals surface area contributed by atoms with Gasteiger partial charge in [0.25, 0.3) is 5.56 Å². The molecule has 0 saturated heterocycles. The monoisotopic (exact) mass is 296 g/mol. The SMILES string of the molecule is Cc1cn(CCCOC(F)P(=O)(O)O)c(=O)[nH]c1=O. The van der Waals surface area contributed by atoms with Gasteiger partial charge in [0.15, 0.2) is 0 Å². The second-order valence-corrected chi connectivity index (χ2v) is 5.45. The third kappa shape index (κ3) is 4.71. The topological polar surface area (TPSA) is 122 Å². The average molecular weight is 296 g/mol. The Balaban J connectivity index is 2.51. The molecule has 0 spiro atoms. The molecular weight excluding hydrogens is 282 g/mol. The Morgan fingerprint density at radius 1 is 1.53 bits per heavy atom. The number of alkyl halides is 1. The van der Waals surface area contributed by atoms with Gasteiger partial charge in [0, 0.05) is 18.3 Å². The van der Waals surface area contributed by atoms with Crippen molar-refractivity contribution in [2.75, 3.05) is 6.61 Å². The molecular formula is C9H14FN2O6P. The molecule has 1 aromatic rings. The fourth-order valence-corrected chi connectivity index (χ4v) is 1.60. The highest BCUT2D eigenvalue weighted by atomic mass is 31.2. The molecule has 1 atom stereocenters. The second kappa shape index (κ2) is 6.25. The average Bonchev–Trinajstić information content (AvgIpc) is 2.29. The van der Waals surface area contributed by atoms with Crippen LogP contribution in [0.3, 0.4) is 0 Å². The molecule has 1 unspecified atom stereocenters. The zero-order valence-corrected chi connectivity index (χ0v) is 11.0. The molecule has 10 heteroatoms. The third-order valence-electron chi connectivity index (χ3n) is 2.25. The molecule has 1 heterocycles. The Kier molecular flexibility index (Phi) is 5.19. The first-order valence-corrected chi connectivity index (χ1v) is 7.01. The standard InChI is InChI=1S/C9H14FN2O6P/c1-6-5-12(9(14)11-7(6)13)3-2-4-18-8(10)19(15,16)17/h5,8H,2-4H2,1H3,(H,11,13,14)(H2,15,16,17). The van der Waals surface area contributed by atoms with Crippen LogP contribution in [0.25, 0.3) is 0 Å². The number of ether oxygens (including phenoxy) is 1. The lowest BCUT2D eigenvalue weighted by Gasteiger charge is -2.11. The van der Waals surface area contributed by atoms with E-state index in [1.807, 2.05) is 0 Å². The summed E-state index contributed by atoms with van der Waals surface area (Å²) in [6.07, 6.45) is -1.16. The van der Waals surface area contributed by atoms with Crippen LogP contribution < -0.4 is 11.2 Å². The van der Waals surface area contributed by atoms with Gasteiger partial charge in [-0.1, -0.05) is 0 Å². The second-order valence-electron chi connectivity index (χ2n) is 3.87. The maximum Gasteiger partial charge on any atom is 0.386 e. The van der Waals surface area contributed by atoms with Crippen LogP contribution in [0.15, 0.2) is 15.8 Å². The van der Waals surface area contributed by atoms with E-state index in [2.05, 4.69) is 9.72 Å². The number of hydrogen-bond acceptors (Lipinski definition) is 4. The van der Waals surface area contributed by atoms with E-state index in [0.717, 1.165) is 0 Å². The number of H-pyrrole nitrogens is 1. The number of rotatable bonds is 6. The normalized spacial score (nSPS) is 13.5. The summed E-state index contributed by atoms with van der Waals surface area (Å²) in [7, 11) is -4.90. The molecule has 8 nitrogen and oxygen atoms in total. The number of hydrogen-bond donors (Lipinski definition) is 3. The zero-order chi connectivity index (χ0) is 14.6. The van der Waals surface area contributed by atoms with Gasteiger partial charge in [0.2, 0.25) is 0 Å². The molecule has 0 saturated carbocycles. The predicted octanol–water partition coefficient (Wildman–Crippen LogP) is -0.317. The van der Waals surface area contributed by atoms with Gasteiger partial charge < -0.3 is 19.1 Å². The highest BCUT2D eigenvalue weighted by Crippen LogP contribution is 2.42. The van der Waals surface area contributed by atoms with Gasteiger partial charge in [-0.2, -0.15) is 0 Å². The largest absolute Gasteiger partial charge is 0.386 e. The Morgan fingerprint density at radius 2 is 2.16 bits per heavy atom. The first-order chi connectivity index (χ1) is 8.71. The summed E-state index contributed by atoms with van der Waals surface area (Å²) in [5.41, 5.74) is -0.746. The molecule has 1 aromatic heterocycles. The summed E-state index contributed by atoms with van der Waals surface area (Å²) >= 11 is 0. The maximum atomic E-state index is 12.7. The van der Waals surface area contributed by atoms with Gasteiger partial charge in [-0.3, -0.25) is 14.3 Å². The van der Waals surface area contributed by atoms with E-state index in [4.69, 9.17) is 9.79 Å². The number of aromatic amines is 1. The van der Waals surface area contributed by atoms with Gasteiger partial charge in [-0.15, -0.1) is 0 Å². The zero-order valence-electron chi connectivity index (χ0n) is 10.1. The van der Waals surface area contributed by atoms with E-state index >= 15 is 0 Å². The first-order valence-electron chi connectivity index (χ1n) is 5.33. The predicted molar refractivity (Wildman–Crippen MR) is 63.6 cm³/mol. The van der Waals surface area contributed by atoms with Gasteiger partial charge in [0.05, 0.1) is 6.61 Å². The summed E-state index contributed by atoms with van der Waals surface area (Å²) in [4.78, 5) is 41.4. The van der Waals surface area contributed by atoms with E-state index in [-0.39, 0.29) is 19.6 Å². The van der Waals surface area contributed by atoms with Crippen molar-refractivity contribution in [2.24, 2.45) is 0 Å². The van der Waals surface area contributed by atoms with Crippen molar-refractivity contribution in [3.63, 3.8) is 0 Å². The van der Waals surface area contributed by atoms with Crippen LogP contribution in [0, 0.1) is 6.92 Å². The minimum absolute atomic E-state index is 0.129. The summed E-state index contributed by atoms with van der Waals surface area (Å²) in [5.74, 6) is 0. The molecule has 0 aliphatic rings. The highest BCUT2D eigenvalue weighted by molar-refractivity contribution is 7.52. The van der Waals surface area contributed by atoms with E-state index in [0.29, 0.717) is 5.56 Å². The van der Waals surface area contributed by atoms with E-state index < -0.39 is 24.9 Å². The summed E-state index contributed by atoms with van der Waals surface area (Å²) in [5, 5.41) is 0. The summed E-state index contributed by atoms with van der Waals surface area (Å²) in [6.45, 7) is 1.39. The first kappa shape index (κ1) is 15.8.